The maximum atomic E-state index is 12.9. The number of ether oxygens (including phenoxy) is 1. The monoisotopic (exact) mass is 365 g/mol. The van der Waals surface area contributed by atoms with Crippen LogP contribution in [0.2, 0.25) is 0 Å². The first-order valence-corrected chi connectivity index (χ1v) is 9.01. The van der Waals surface area contributed by atoms with Crippen LogP contribution >= 0.6 is 0 Å². The van der Waals surface area contributed by atoms with Gasteiger partial charge in [0, 0.05) is 24.2 Å². The molecule has 3 rings (SSSR count). The Kier molecular flexibility index (Phi) is 5.31. The lowest BCUT2D eigenvalue weighted by Crippen LogP contribution is -2.30. The van der Waals surface area contributed by atoms with Gasteiger partial charge in [0.1, 0.15) is 11.5 Å². The van der Waals surface area contributed by atoms with Crippen LogP contribution in [0.15, 0.2) is 51.7 Å². The van der Waals surface area contributed by atoms with Crippen LogP contribution in [0.3, 0.4) is 0 Å². The van der Waals surface area contributed by atoms with Crippen molar-refractivity contribution in [1.82, 2.24) is 4.90 Å². The Morgan fingerprint density at radius 1 is 1.07 bits per heavy atom. The maximum Gasteiger partial charge on any atom is 0.257 e. The van der Waals surface area contributed by atoms with Gasteiger partial charge in [-0.1, -0.05) is 6.07 Å². The van der Waals surface area contributed by atoms with Gasteiger partial charge < -0.3 is 14.1 Å². The molecule has 1 amide bonds. The third-order valence-corrected chi connectivity index (χ3v) is 4.78. The smallest absolute Gasteiger partial charge is 0.257 e. The molecule has 0 radical (unpaired) electrons. The predicted molar refractivity (Wildman–Crippen MR) is 106 cm³/mol. The molecule has 0 atom stereocenters. The zero-order chi connectivity index (χ0) is 19.6. The second-order valence-corrected chi connectivity index (χ2v) is 6.27. The molecule has 5 nitrogen and oxygen atoms in total. The molecule has 0 aliphatic carbocycles. The fourth-order valence-electron chi connectivity index (χ4n) is 3.18. The molecule has 0 fully saturated rings. The summed E-state index contributed by atoms with van der Waals surface area (Å²) in [6, 6.07) is 12.4. The van der Waals surface area contributed by atoms with Gasteiger partial charge in [-0.3, -0.25) is 9.59 Å². The Morgan fingerprint density at radius 2 is 1.74 bits per heavy atom. The molecular formula is C22H23NO4. The summed E-state index contributed by atoms with van der Waals surface area (Å²) in [5.41, 5.74) is 1.88. The van der Waals surface area contributed by atoms with Gasteiger partial charge in [-0.15, -0.1) is 0 Å². The molecule has 0 saturated carbocycles. The molecule has 0 aliphatic heterocycles. The summed E-state index contributed by atoms with van der Waals surface area (Å²) in [6.45, 7) is 6.77. The number of benzene rings is 2. The highest BCUT2D eigenvalue weighted by Gasteiger charge is 2.20. The summed E-state index contributed by atoms with van der Waals surface area (Å²) < 4.78 is 11.3. The molecule has 0 unspecified atom stereocenters. The molecule has 0 aliphatic rings. The number of carbonyl (C=O) groups excluding carboxylic acids is 1. The van der Waals surface area contributed by atoms with Crippen molar-refractivity contribution < 1.29 is 13.9 Å². The lowest BCUT2D eigenvalue weighted by molar-refractivity contribution is 0.0774. The Morgan fingerprint density at radius 3 is 2.33 bits per heavy atom. The van der Waals surface area contributed by atoms with Gasteiger partial charge in [-0.05, 0) is 57.2 Å². The Bertz CT molecular complexity index is 1030. The summed E-state index contributed by atoms with van der Waals surface area (Å²) in [5, 5.41) is 0.419. The molecule has 2 aromatic carbocycles. The highest BCUT2D eigenvalue weighted by Crippen LogP contribution is 2.29. The molecular weight excluding hydrogens is 342 g/mol. The molecule has 0 saturated heterocycles. The number of carbonyl (C=O) groups is 1. The lowest BCUT2D eigenvalue weighted by Gasteiger charge is -2.19. The number of methoxy groups -OCH3 is 1. The lowest BCUT2D eigenvalue weighted by atomic mass is 10.0. The van der Waals surface area contributed by atoms with Crippen molar-refractivity contribution in [3.8, 4) is 17.1 Å². The van der Waals surface area contributed by atoms with Gasteiger partial charge >= 0.3 is 0 Å². The van der Waals surface area contributed by atoms with E-state index in [-0.39, 0.29) is 11.3 Å². The van der Waals surface area contributed by atoms with Crippen molar-refractivity contribution in [2.45, 2.75) is 20.8 Å². The van der Waals surface area contributed by atoms with Crippen molar-refractivity contribution in [2.24, 2.45) is 0 Å². The van der Waals surface area contributed by atoms with E-state index in [2.05, 4.69) is 0 Å². The molecule has 27 heavy (non-hydrogen) atoms. The van der Waals surface area contributed by atoms with Gasteiger partial charge in [0.15, 0.2) is 11.0 Å². The van der Waals surface area contributed by atoms with Crippen molar-refractivity contribution in [2.75, 3.05) is 20.2 Å². The minimum absolute atomic E-state index is 0.128. The summed E-state index contributed by atoms with van der Waals surface area (Å²) >= 11 is 0. The molecule has 1 aromatic heterocycles. The number of hydrogen-bond acceptors (Lipinski definition) is 4. The topological polar surface area (TPSA) is 59.8 Å². The van der Waals surface area contributed by atoms with E-state index in [1.54, 1.807) is 37.1 Å². The quantitative estimate of drug-likeness (QED) is 0.678. The average Bonchev–Trinajstić information content (AvgIpc) is 2.71. The van der Waals surface area contributed by atoms with Crippen LogP contribution in [-0.4, -0.2) is 31.0 Å². The predicted octanol–water partition coefficient (Wildman–Crippen LogP) is 4.26. The minimum atomic E-state index is -0.140. The molecule has 0 bridgehead atoms. The second kappa shape index (κ2) is 7.66. The summed E-state index contributed by atoms with van der Waals surface area (Å²) in [5.74, 6) is 1.05. The summed E-state index contributed by atoms with van der Waals surface area (Å²) in [7, 11) is 1.60. The van der Waals surface area contributed by atoms with Gasteiger partial charge in [0.2, 0.25) is 0 Å². The van der Waals surface area contributed by atoms with E-state index in [1.807, 2.05) is 38.1 Å². The molecule has 3 aromatic rings. The first kappa shape index (κ1) is 18.7. The number of nitrogens with zero attached hydrogens (tertiary/aromatic N) is 1. The third kappa shape index (κ3) is 3.33. The van der Waals surface area contributed by atoms with Gasteiger partial charge in [-0.25, -0.2) is 0 Å². The molecule has 140 valence electrons. The zero-order valence-electron chi connectivity index (χ0n) is 16.0. The van der Waals surface area contributed by atoms with E-state index in [0.717, 1.165) is 11.3 Å². The number of amides is 1. The van der Waals surface area contributed by atoms with Crippen molar-refractivity contribution >= 4 is 16.9 Å². The summed E-state index contributed by atoms with van der Waals surface area (Å²) in [4.78, 5) is 27.5. The van der Waals surface area contributed by atoms with E-state index in [4.69, 9.17) is 9.15 Å². The Labute approximate surface area is 158 Å². The van der Waals surface area contributed by atoms with Crippen LogP contribution < -0.4 is 10.2 Å². The van der Waals surface area contributed by atoms with E-state index < -0.39 is 0 Å². The first-order valence-electron chi connectivity index (χ1n) is 9.01. The molecule has 1 heterocycles. The first-order chi connectivity index (χ1) is 13.0. The SMILES string of the molecule is CCN(CC)C(=O)c1cccc2c(=O)c(C)c(-c3ccc(OC)cc3)oc12. The highest BCUT2D eigenvalue weighted by molar-refractivity contribution is 6.05. The van der Waals surface area contributed by atoms with Gasteiger partial charge in [-0.2, -0.15) is 0 Å². The molecule has 0 N–H and O–H groups in total. The average molecular weight is 365 g/mol. The van der Waals surface area contributed by atoms with Crippen LogP contribution in [0.5, 0.6) is 5.75 Å². The minimum Gasteiger partial charge on any atom is -0.497 e. The fraction of sp³-hybridized carbons (Fsp3) is 0.273. The molecule has 5 heteroatoms. The van der Waals surface area contributed by atoms with Crippen LogP contribution in [-0.2, 0) is 0 Å². The molecule has 0 spiro atoms. The van der Waals surface area contributed by atoms with Crippen LogP contribution in [0.4, 0.5) is 0 Å². The second-order valence-electron chi connectivity index (χ2n) is 6.27. The Balaban J connectivity index is 2.25. The maximum absolute atomic E-state index is 12.9. The van der Waals surface area contributed by atoms with Crippen LogP contribution in [0.1, 0.15) is 29.8 Å². The van der Waals surface area contributed by atoms with E-state index in [9.17, 15) is 9.59 Å². The number of fused-ring (bicyclic) bond motifs is 1. The van der Waals surface area contributed by atoms with E-state index in [0.29, 0.717) is 40.9 Å². The highest BCUT2D eigenvalue weighted by atomic mass is 16.5. The fourth-order valence-corrected chi connectivity index (χ4v) is 3.18. The largest absolute Gasteiger partial charge is 0.497 e. The number of rotatable bonds is 5. The van der Waals surface area contributed by atoms with Crippen molar-refractivity contribution in [3.63, 3.8) is 0 Å². The van der Waals surface area contributed by atoms with Gasteiger partial charge in [0.05, 0.1) is 18.1 Å². The number of para-hydroxylation sites is 1. The van der Waals surface area contributed by atoms with Gasteiger partial charge in [0.25, 0.3) is 5.91 Å². The van der Waals surface area contributed by atoms with Crippen molar-refractivity contribution in [3.05, 3.63) is 63.8 Å². The normalized spacial score (nSPS) is 10.8. The third-order valence-electron chi connectivity index (χ3n) is 4.78. The standard InChI is InChI=1S/C22H23NO4/c1-5-23(6-2)22(25)18-9-7-8-17-19(24)14(3)20(27-21(17)18)15-10-12-16(26-4)13-11-15/h7-13H,5-6H2,1-4H3. The van der Waals surface area contributed by atoms with Crippen LogP contribution in [0.25, 0.3) is 22.3 Å². The zero-order valence-corrected chi connectivity index (χ0v) is 16.0. The van der Waals surface area contributed by atoms with E-state index in [1.165, 1.54) is 0 Å². The van der Waals surface area contributed by atoms with Crippen LogP contribution in [0, 0.1) is 6.92 Å². The number of hydrogen-bond donors (Lipinski definition) is 0. The Hall–Kier alpha value is -3.08. The van der Waals surface area contributed by atoms with Crippen molar-refractivity contribution in [1.29, 1.82) is 0 Å². The summed E-state index contributed by atoms with van der Waals surface area (Å²) in [6.07, 6.45) is 0. The van der Waals surface area contributed by atoms with E-state index >= 15 is 0 Å².